The van der Waals surface area contributed by atoms with Crippen LogP contribution in [-0.4, -0.2) is 20.8 Å². The summed E-state index contributed by atoms with van der Waals surface area (Å²) in [6, 6.07) is 12.1. The van der Waals surface area contributed by atoms with Crippen LogP contribution in [0.3, 0.4) is 0 Å². The molecule has 0 saturated heterocycles. The van der Waals surface area contributed by atoms with Crippen molar-refractivity contribution < 1.29 is 0 Å². The fourth-order valence-corrected chi connectivity index (χ4v) is 5.77. The third-order valence-electron chi connectivity index (χ3n) is 7.51. The molecule has 1 aliphatic rings. The Kier molecular flexibility index (Phi) is 13.3. The van der Waals surface area contributed by atoms with Crippen molar-refractivity contribution in [2.45, 2.75) is 112 Å². The lowest BCUT2D eigenvalue weighted by Crippen LogP contribution is -2.38. The van der Waals surface area contributed by atoms with Crippen molar-refractivity contribution in [3.05, 3.63) is 115 Å². The molecule has 1 aromatic heterocycles. The average molecular weight is 574 g/mol. The summed E-state index contributed by atoms with van der Waals surface area (Å²) in [7, 11) is 0. The van der Waals surface area contributed by atoms with Crippen LogP contribution >= 0.6 is 0 Å². The standard InChI is InChI=1S/C31H39N5O2.2C2H6/c1-6-8-20(2)9-7-16-36-30(37)33-29(34-36)31(19-22(4)32)27-14-10-21(3)17-25(27)11-12-26-18-24(23(5)35-38)13-15-28(26)31;2*1-2/h7-10,13-15,17-18,22-23H,6,11-12,16,19,32H2,1-5H3,(H,33,34,37);2*1-2H3/b9-7-,20-8-;;/t22-,23?,31?;;/m0../s1. The second kappa shape index (κ2) is 16.2. The van der Waals surface area contributed by atoms with Crippen molar-refractivity contribution in [3.8, 4) is 0 Å². The van der Waals surface area contributed by atoms with Gasteiger partial charge in [-0.25, -0.2) is 9.48 Å². The van der Waals surface area contributed by atoms with E-state index in [0.717, 1.165) is 47.1 Å². The number of rotatable bonds is 9. The number of aryl methyl sites for hydroxylation is 3. The maximum Gasteiger partial charge on any atom is 0.343 e. The monoisotopic (exact) mass is 573 g/mol. The minimum atomic E-state index is -0.744. The van der Waals surface area contributed by atoms with E-state index < -0.39 is 11.5 Å². The normalized spacial score (nSPS) is 17.5. The molecule has 7 heteroatoms. The predicted molar refractivity (Wildman–Crippen MR) is 176 cm³/mol. The van der Waals surface area contributed by atoms with Crippen molar-refractivity contribution >= 4 is 0 Å². The lowest BCUT2D eigenvalue weighted by Gasteiger charge is -2.36. The van der Waals surface area contributed by atoms with Gasteiger partial charge in [-0.15, -0.1) is 0 Å². The molecule has 228 valence electrons. The highest BCUT2D eigenvalue weighted by Crippen LogP contribution is 2.47. The maximum absolute atomic E-state index is 13.2. The third-order valence-corrected chi connectivity index (χ3v) is 7.51. The lowest BCUT2D eigenvalue weighted by atomic mass is 9.68. The first kappa shape index (κ1) is 34.6. The molecular weight excluding hydrogens is 522 g/mol. The Morgan fingerprint density at radius 2 is 1.71 bits per heavy atom. The Balaban J connectivity index is 0.00000148. The SMILES string of the molecule is CC.CC.CC/C=C(C)\C=C/Cn1nc(C2(C[C@H](C)N)c3ccc(C)cc3CCc3cc(C(C)N=O)ccc32)[nH]c1=O. The predicted octanol–water partition coefficient (Wildman–Crippen LogP) is 7.84. The molecule has 0 aliphatic heterocycles. The molecule has 0 fully saturated rings. The number of hydrogen-bond donors (Lipinski definition) is 2. The molecule has 0 radical (unpaired) electrons. The van der Waals surface area contributed by atoms with Gasteiger partial charge in [0.05, 0.1) is 12.0 Å². The smallest absolute Gasteiger partial charge is 0.328 e. The number of aromatic nitrogens is 3. The summed E-state index contributed by atoms with van der Waals surface area (Å²) in [5.41, 5.74) is 13.3. The van der Waals surface area contributed by atoms with Gasteiger partial charge in [-0.1, -0.05) is 106 Å². The van der Waals surface area contributed by atoms with Crippen LogP contribution < -0.4 is 11.4 Å². The number of nitrogens with one attached hydrogen (secondary N) is 1. The number of benzene rings is 2. The first-order chi connectivity index (χ1) is 20.2. The number of nitroso groups, excluding NO2 is 1. The van der Waals surface area contributed by atoms with Crippen LogP contribution in [0, 0.1) is 11.8 Å². The Bertz CT molecular complexity index is 1430. The highest BCUT2D eigenvalue weighted by Gasteiger charge is 2.44. The number of fused-ring (bicyclic) bond motifs is 2. The molecule has 3 aromatic rings. The molecule has 0 amide bonds. The fraction of sp³-hybridized carbons (Fsp3) is 0.486. The van der Waals surface area contributed by atoms with Gasteiger partial charge in [-0.05, 0) is 81.2 Å². The number of nitrogens with two attached hydrogens (primary N) is 1. The molecule has 4 rings (SSSR count). The highest BCUT2D eigenvalue weighted by molar-refractivity contribution is 5.56. The zero-order valence-electron chi connectivity index (χ0n) is 27.1. The number of allylic oxidation sites excluding steroid dienone is 4. The summed E-state index contributed by atoms with van der Waals surface area (Å²) in [5.74, 6) is 0.594. The van der Waals surface area contributed by atoms with Crippen molar-refractivity contribution in [3.63, 3.8) is 0 Å². The van der Waals surface area contributed by atoms with Gasteiger partial charge in [-0.2, -0.15) is 10.0 Å². The number of nitrogens with zero attached hydrogens (tertiary/aromatic N) is 3. The number of hydrogen-bond acceptors (Lipinski definition) is 5. The molecule has 0 saturated carbocycles. The lowest BCUT2D eigenvalue weighted by molar-refractivity contribution is 0.470. The van der Waals surface area contributed by atoms with E-state index in [0.29, 0.717) is 18.8 Å². The van der Waals surface area contributed by atoms with Crippen molar-refractivity contribution in [2.24, 2.45) is 10.9 Å². The first-order valence-electron chi connectivity index (χ1n) is 15.5. The summed E-state index contributed by atoms with van der Waals surface area (Å²) in [5, 5.41) is 8.14. The molecule has 2 unspecified atom stereocenters. The summed E-state index contributed by atoms with van der Waals surface area (Å²) in [4.78, 5) is 27.6. The largest absolute Gasteiger partial charge is 0.343 e. The van der Waals surface area contributed by atoms with Gasteiger partial charge >= 0.3 is 5.69 Å². The second-order valence-electron chi connectivity index (χ2n) is 10.7. The van der Waals surface area contributed by atoms with Crippen LogP contribution in [0.15, 0.2) is 70.2 Å². The Morgan fingerprint density at radius 3 is 2.31 bits per heavy atom. The van der Waals surface area contributed by atoms with E-state index >= 15 is 0 Å². The van der Waals surface area contributed by atoms with Crippen LogP contribution in [0.4, 0.5) is 0 Å². The minimum Gasteiger partial charge on any atom is -0.328 e. The summed E-state index contributed by atoms with van der Waals surface area (Å²) in [6.45, 7) is 18.4. The van der Waals surface area contributed by atoms with Gasteiger partial charge in [0.25, 0.3) is 0 Å². The highest BCUT2D eigenvalue weighted by atomic mass is 16.3. The van der Waals surface area contributed by atoms with Gasteiger partial charge in [0.1, 0.15) is 11.9 Å². The summed E-state index contributed by atoms with van der Waals surface area (Å²) < 4.78 is 1.49. The van der Waals surface area contributed by atoms with Gasteiger partial charge in [0.15, 0.2) is 0 Å². The third kappa shape index (κ3) is 7.62. The second-order valence-corrected chi connectivity index (χ2v) is 10.7. The van der Waals surface area contributed by atoms with Crippen molar-refractivity contribution in [2.75, 3.05) is 0 Å². The van der Waals surface area contributed by atoms with E-state index in [9.17, 15) is 9.70 Å². The van der Waals surface area contributed by atoms with E-state index in [2.05, 4.69) is 60.4 Å². The molecule has 42 heavy (non-hydrogen) atoms. The zero-order valence-corrected chi connectivity index (χ0v) is 27.1. The molecule has 3 atom stereocenters. The van der Waals surface area contributed by atoms with E-state index in [1.807, 2.05) is 66.7 Å². The molecule has 0 spiro atoms. The Labute approximate surface area is 252 Å². The molecule has 3 N–H and O–H groups in total. The molecule has 1 heterocycles. The van der Waals surface area contributed by atoms with E-state index in [1.54, 1.807) is 0 Å². The number of H-pyrrole nitrogens is 1. The quantitative estimate of drug-likeness (QED) is 0.201. The molecule has 7 nitrogen and oxygen atoms in total. The zero-order chi connectivity index (χ0) is 31.4. The molecular formula is C35H51N5O2. The van der Waals surface area contributed by atoms with Crippen LogP contribution in [0.25, 0.3) is 0 Å². The van der Waals surface area contributed by atoms with E-state index in [-0.39, 0.29) is 11.7 Å². The summed E-state index contributed by atoms with van der Waals surface area (Å²) >= 11 is 0. The Hall–Kier alpha value is -3.58. The van der Waals surface area contributed by atoms with Gasteiger partial charge in [0.2, 0.25) is 0 Å². The van der Waals surface area contributed by atoms with Crippen LogP contribution in [0.1, 0.15) is 113 Å². The van der Waals surface area contributed by atoms with Crippen LogP contribution in [0.2, 0.25) is 0 Å². The first-order valence-corrected chi connectivity index (χ1v) is 15.5. The van der Waals surface area contributed by atoms with Gasteiger partial charge in [-0.3, -0.25) is 4.98 Å². The molecule has 0 bridgehead atoms. The fourth-order valence-electron chi connectivity index (χ4n) is 5.77. The van der Waals surface area contributed by atoms with Crippen LogP contribution in [-0.2, 0) is 24.8 Å². The maximum atomic E-state index is 13.2. The van der Waals surface area contributed by atoms with Gasteiger partial charge < -0.3 is 5.73 Å². The topological polar surface area (TPSA) is 106 Å². The van der Waals surface area contributed by atoms with Crippen molar-refractivity contribution in [1.29, 1.82) is 0 Å². The summed E-state index contributed by atoms with van der Waals surface area (Å²) in [6.07, 6.45) is 9.30. The average Bonchev–Trinajstić information content (AvgIpc) is 3.30. The van der Waals surface area contributed by atoms with E-state index in [1.165, 1.54) is 15.8 Å². The van der Waals surface area contributed by atoms with Crippen LogP contribution in [0.5, 0.6) is 0 Å². The minimum absolute atomic E-state index is 0.166. The molecule has 2 aromatic carbocycles. The van der Waals surface area contributed by atoms with Crippen molar-refractivity contribution in [1.82, 2.24) is 14.8 Å². The van der Waals surface area contributed by atoms with Gasteiger partial charge in [0, 0.05) is 6.04 Å². The number of aromatic amines is 1. The molecule has 1 aliphatic carbocycles. The van der Waals surface area contributed by atoms with E-state index in [4.69, 9.17) is 10.8 Å². The Morgan fingerprint density at radius 1 is 1.10 bits per heavy atom.